The predicted octanol–water partition coefficient (Wildman–Crippen LogP) is 11.8. The van der Waals surface area contributed by atoms with Crippen molar-refractivity contribution in [2.75, 3.05) is 20.3 Å². The molecule has 0 aliphatic heterocycles. The minimum atomic E-state index is -0.927. The van der Waals surface area contributed by atoms with Crippen LogP contribution < -0.4 is 9.47 Å². The SMILES string of the molecule is CCCCCCCCCC(=O)S[C@H](COCc1ccc(Oc2ccccc2)cc1)COC(c1ccccc1)(c1ccccc1)c1ccc(OC)cc1. The zero-order chi connectivity index (χ0) is 36.3. The maximum atomic E-state index is 13.4. The molecule has 0 saturated carbocycles. The first-order valence-corrected chi connectivity index (χ1v) is 19.5. The van der Waals surface area contributed by atoms with Crippen LogP contribution in [0.25, 0.3) is 0 Å². The van der Waals surface area contributed by atoms with Gasteiger partial charge in [-0.3, -0.25) is 4.79 Å². The number of hydrogen-bond acceptors (Lipinski definition) is 6. The lowest BCUT2D eigenvalue weighted by atomic mass is 9.80. The standard InChI is InChI=1S/C46H52O5S/c1-3-4-5-6-7-8-18-25-45(47)52-44(35-49-34-37-26-30-43(31-27-37)51-42-23-16-11-17-24-42)36-50-46(38-19-12-9-13-20-38,39-21-14-10-15-22-39)40-28-32-41(48-2)33-29-40/h9-17,19-24,26-33,44H,3-8,18,25,34-36H2,1-2H3/t44-/m1/s1. The zero-order valence-corrected chi connectivity index (χ0v) is 31.4. The molecule has 0 fully saturated rings. The monoisotopic (exact) mass is 716 g/mol. The number of methoxy groups -OCH3 is 1. The van der Waals surface area contributed by atoms with E-state index in [0.29, 0.717) is 26.2 Å². The van der Waals surface area contributed by atoms with E-state index < -0.39 is 5.60 Å². The Morgan fingerprint density at radius 2 is 1.12 bits per heavy atom. The third-order valence-corrected chi connectivity index (χ3v) is 10.2. The summed E-state index contributed by atoms with van der Waals surface area (Å²) in [5.41, 5.74) is 3.08. The average molecular weight is 717 g/mol. The van der Waals surface area contributed by atoms with Crippen LogP contribution in [0, 0.1) is 0 Å². The molecule has 0 radical (unpaired) electrons. The zero-order valence-electron chi connectivity index (χ0n) is 30.6. The highest BCUT2D eigenvalue weighted by Crippen LogP contribution is 2.41. The molecule has 6 heteroatoms. The van der Waals surface area contributed by atoms with Gasteiger partial charge in [-0.15, -0.1) is 0 Å². The minimum absolute atomic E-state index is 0.183. The maximum absolute atomic E-state index is 13.4. The maximum Gasteiger partial charge on any atom is 0.189 e. The fourth-order valence-corrected chi connectivity index (χ4v) is 7.25. The summed E-state index contributed by atoms with van der Waals surface area (Å²) in [7, 11) is 1.67. The largest absolute Gasteiger partial charge is 0.497 e. The van der Waals surface area contributed by atoms with E-state index in [9.17, 15) is 4.79 Å². The van der Waals surface area contributed by atoms with Crippen molar-refractivity contribution >= 4 is 16.9 Å². The van der Waals surface area contributed by atoms with Crippen LogP contribution in [0.15, 0.2) is 140 Å². The molecule has 5 nitrogen and oxygen atoms in total. The third kappa shape index (κ3) is 11.6. The minimum Gasteiger partial charge on any atom is -0.497 e. The topological polar surface area (TPSA) is 54.0 Å². The molecule has 5 aromatic rings. The summed E-state index contributed by atoms with van der Waals surface area (Å²) in [5, 5.41) is -0.0366. The van der Waals surface area contributed by atoms with Crippen molar-refractivity contribution in [1.29, 1.82) is 0 Å². The van der Waals surface area contributed by atoms with Crippen LogP contribution in [0.1, 0.15) is 80.5 Å². The Morgan fingerprint density at radius 3 is 1.71 bits per heavy atom. The van der Waals surface area contributed by atoms with Gasteiger partial charge in [-0.2, -0.15) is 0 Å². The number of unbranched alkanes of at least 4 members (excludes halogenated alkanes) is 6. The van der Waals surface area contributed by atoms with Gasteiger partial charge in [0.25, 0.3) is 0 Å². The van der Waals surface area contributed by atoms with E-state index in [-0.39, 0.29) is 10.4 Å². The molecule has 1 atom stereocenters. The number of carbonyl (C=O) groups is 1. The van der Waals surface area contributed by atoms with E-state index in [2.05, 4.69) is 43.3 Å². The Labute approximate surface area is 314 Å². The van der Waals surface area contributed by atoms with Crippen LogP contribution in [0.2, 0.25) is 0 Å². The van der Waals surface area contributed by atoms with E-state index in [4.69, 9.17) is 18.9 Å². The molecule has 0 aromatic heterocycles. The summed E-state index contributed by atoms with van der Waals surface area (Å²) in [5.74, 6) is 2.34. The molecule has 5 aromatic carbocycles. The lowest BCUT2D eigenvalue weighted by Crippen LogP contribution is -2.36. The number of benzene rings is 5. The molecule has 0 amide bonds. The van der Waals surface area contributed by atoms with Crippen LogP contribution >= 0.6 is 11.8 Å². The molecule has 0 spiro atoms. The Bertz CT molecular complexity index is 1670. The summed E-state index contributed by atoms with van der Waals surface area (Å²) in [4.78, 5) is 13.4. The van der Waals surface area contributed by atoms with E-state index >= 15 is 0 Å². The molecular weight excluding hydrogens is 665 g/mol. The summed E-state index contributed by atoms with van der Waals surface area (Å²) >= 11 is 1.36. The van der Waals surface area contributed by atoms with E-state index in [1.807, 2.05) is 103 Å². The van der Waals surface area contributed by atoms with Gasteiger partial charge in [0.1, 0.15) is 22.8 Å². The van der Waals surface area contributed by atoms with Gasteiger partial charge in [0, 0.05) is 6.42 Å². The molecule has 0 aliphatic carbocycles. The molecule has 5 rings (SSSR count). The van der Waals surface area contributed by atoms with Crippen molar-refractivity contribution in [3.63, 3.8) is 0 Å². The third-order valence-electron chi connectivity index (χ3n) is 9.10. The summed E-state index contributed by atoms with van der Waals surface area (Å²) in [6.07, 6.45) is 8.77. The molecule has 0 heterocycles. The summed E-state index contributed by atoms with van der Waals surface area (Å²) in [6.45, 7) is 3.30. The van der Waals surface area contributed by atoms with Crippen LogP contribution in [-0.2, 0) is 26.5 Å². The van der Waals surface area contributed by atoms with Crippen molar-refractivity contribution < 1.29 is 23.7 Å². The van der Waals surface area contributed by atoms with Crippen molar-refractivity contribution in [1.82, 2.24) is 0 Å². The number of ether oxygens (including phenoxy) is 4. The normalized spacial score (nSPS) is 12.0. The molecule has 272 valence electrons. The molecule has 0 aliphatic rings. The van der Waals surface area contributed by atoms with Crippen molar-refractivity contribution in [2.45, 2.75) is 75.7 Å². The highest BCUT2D eigenvalue weighted by Gasteiger charge is 2.38. The second-order valence-electron chi connectivity index (χ2n) is 13.0. The Hall–Kier alpha value is -4.36. The molecule has 52 heavy (non-hydrogen) atoms. The van der Waals surface area contributed by atoms with E-state index in [0.717, 1.165) is 52.3 Å². The quantitative estimate of drug-likeness (QED) is 0.0525. The second-order valence-corrected chi connectivity index (χ2v) is 14.4. The number of thioether (sulfide) groups is 1. The van der Waals surface area contributed by atoms with Crippen LogP contribution in [0.3, 0.4) is 0 Å². The van der Waals surface area contributed by atoms with Crippen LogP contribution in [-0.4, -0.2) is 30.7 Å². The Morgan fingerprint density at radius 1 is 0.596 bits per heavy atom. The number of rotatable bonds is 22. The molecule has 0 N–H and O–H groups in total. The number of carbonyl (C=O) groups excluding carboxylic acids is 1. The van der Waals surface area contributed by atoms with Crippen LogP contribution in [0.4, 0.5) is 0 Å². The fourth-order valence-electron chi connectivity index (χ4n) is 6.31. The first-order chi connectivity index (χ1) is 25.6. The van der Waals surface area contributed by atoms with Gasteiger partial charge in [0.05, 0.1) is 32.2 Å². The highest BCUT2D eigenvalue weighted by atomic mass is 32.2. The predicted molar refractivity (Wildman–Crippen MR) is 213 cm³/mol. The lowest BCUT2D eigenvalue weighted by molar-refractivity contribution is -0.111. The van der Waals surface area contributed by atoms with Gasteiger partial charge in [-0.1, -0.05) is 160 Å². The molecule has 0 unspecified atom stereocenters. The fraction of sp³-hybridized carbons (Fsp3) is 0.326. The molecule has 0 bridgehead atoms. The van der Waals surface area contributed by atoms with Crippen LogP contribution in [0.5, 0.6) is 17.2 Å². The highest BCUT2D eigenvalue weighted by molar-refractivity contribution is 8.14. The molecule has 0 saturated heterocycles. The van der Waals surface area contributed by atoms with Crippen molar-refractivity contribution in [2.24, 2.45) is 0 Å². The van der Waals surface area contributed by atoms with Gasteiger partial charge >= 0.3 is 0 Å². The lowest BCUT2D eigenvalue weighted by Gasteiger charge is -2.37. The molecular formula is C46H52O5S. The van der Waals surface area contributed by atoms with Gasteiger partial charge < -0.3 is 18.9 Å². The van der Waals surface area contributed by atoms with E-state index in [1.54, 1.807) is 7.11 Å². The number of hydrogen-bond donors (Lipinski definition) is 0. The first-order valence-electron chi connectivity index (χ1n) is 18.6. The van der Waals surface area contributed by atoms with Gasteiger partial charge in [0.2, 0.25) is 0 Å². The van der Waals surface area contributed by atoms with Gasteiger partial charge in [-0.05, 0) is 65.1 Å². The Kier molecular flexibility index (Phi) is 15.9. The van der Waals surface area contributed by atoms with Gasteiger partial charge in [-0.25, -0.2) is 0 Å². The number of para-hydroxylation sites is 1. The van der Waals surface area contributed by atoms with Crippen molar-refractivity contribution in [3.05, 3.63) is 162 Å². The second kappa shape index (κ2) is 21.2. The summed E-state index contributed by atoms with van der Waals surface area (Å²) in [6, 6.07) is 46.4. The van der Waals surface area contributed by atoms with Crippen molar-refractivity contribution in [3.8, 4) is 17.2 Å². The summed E-state index contributed by atoms with van der Waals surface area (Å²) < 4.78 is 25.0. The van der Waals surface area contributed by atoms with E-state index in [1.165, 1.54) is 43.9 Å². The smallest absolute Gasteiger partial charge is 0.189 e. The van der Waals surface area contributed by atoms with Gasteiger partial charge in [0.15, 0.2) is 5.12 Å². The Balaban J connectivity index is 1.32. The average Bonchev–Trinajstić information content (AvgIpc) is 3.20. The first kappa shape index (κ1) is 38.9.